The monoisotopic (exact) mass is 331 g/mol. The molecule has 2 rings (SSSR count). The minimum absolute atomic E-state index is 0.00184. The van der Waals surface area contributed by atoms with Gasteiger partial charge in [-0.1, -0.05) is 22.4 Å². The average molecular weight is 332 g/mol. The highest BCUT2D eigenvalue weighted by molar-refractivity contribution is 9.10. The third-order valence-electron chi connectivity index (χ3n) is 3.40. The van der Waals surface area contributed by atoms with Gasteiger partial charge in [-0.25, -0.2) is 0 Å². The second-order valence-electron chi connectivity index (χ2n) is 4.67. The Morgan fingerprint density at radius 2 is 2.22 bits per heavy atom. The van der Waals surface area contributed by atoms with Gasteiger partial charge in [0.25, 0.3) is 0 Å². The molecule has 18 heavy (non-hydrogen) atoms. The summed E-state index contributed by atoms with van der Waals surface area (Å²) in [5.41, 5.74) is 0.0994. The van der Waals surface area contributed by atoms with Crippen LogP contribution in [0.2, 0.25) is 0 Å². The second-order valence-corrected chi connectivity index (χ2v) is 5.90. The van der Waals surface area contributed by atoms with Crippen LogP contribution in [0.25, 0.3) is 0 Å². The average Bonchev–Trinajstić information content (AvgIpc) is 2.29. The van der Waals surface area contributed by atoms with Crippen LogP contribution in [0, 0.1) is 15.5 Å². The first kappa shape index (κ1) is 13.7. The van der Waals surface area contributed by atoms with Gasteiger partial charge in [-0.15, -0.1) is 0 Å². The first-order valence-electron chi connectivity index (χ1n) is 5.74. The fourth-order valence-electron chi connectivity index (χ4n) is 2.01. The van der Waals surface area contributed by atoms with Gasteiger partial charge >= 0.3 is 5.69 Å². The van der Waals surface area contributed by atoms with Crippen molar-refractivity contribution in [2.24, 2.45) is 5.41 Å². The third-order valence-corrected chi connectivity index (χ3v) is 4.57. The van der Waals surface area contributed by atoms with E-state index < -0.39 is 4.92 Å². The van der Waals surface area contributed by atoms with E-state index in [4.69, 9.17) is 4.74 Å². The van der Waals surface area contributed by atoms with Crippen LogP contribution in [-0.4, -0.2) is 17.3 Å². The molecule has 1 aromatic rings. The number of benzene rings is 1. The van der Waals surface area contributed by atoms with Crippen molar-refractivity contribution in [2.45, 2.75) is 19.3 Å². The smallest absolute Gasteiger partial charge is 0.312 e. The molecule has 1 fully saturated rings. The minimum atomic E-state index is -0.422. The molecule has 0 unspecified atom stereocenters. The zero-order chi connectivity index (χ0) is 13.2. The molecule has 0 aliphatic heterocycles. The van der Waals surface area contributed by atoms with Gasteiger partial charge in [-0.05, 0) is 30.7 Å². The number of nitrogens with zero attached hydrogens (tertiary/aromatic N) is 1. The van der Waals surface area contributed by atoms with Crippen LogP contribution < -0.4 is 4.74 Å². The maximum atomic E-state index is 10.9. The normalized spacial score (nSPS) is 17.0. The summed E-state index contributed by atoms with van der Waals surface area (Å²) in [6, 6.07) is 4.84. The summed E-state index contributed by atoms with van der Waals surface area (Å²) in [5.74, 6) is 1.09. The molecule has 0 spiro atoms. The number of halogens is 1. The van der Waals surface area contributed by atoms with Crippen molar-refractivity contribution in [3.63, 3.8) is 0 Å². The Hall–Kier alpha value is -0.750. The van der Waals surface area contributed by atoms with E-state index in [1.165, 1.54) is 12.5 Å². The molecule has 0 bridgehead atoms. The fourth-order valence-corrected chi connectivity index (χ4v) is 2.77. The molecule has 0 aromatic heterocycles. The number of ether oxygens (including phenoxy) is 1. The molecule has 0 N–H and O–H groups in total. The lowest BCUT2D eigenvalue weighted by Gasteiger charge is -2.40. The summed E-state index contributed by atoms with van der Waals surface area (Å²) in [6.45, 7) is 0.499. The van der Waals surface area contributed by atoms with Crippen LogP contribution in [-0.2, 0) is 0 Å². The first-order chi connectivity index (χ1) is 8.56. The van der Waals surface area contributed by atoms with Crippen molar-refractivity contribution in [3.05, 3.63) is 32.8 Å². The molecular formula is C12H14BrNO3S. The van der Waals surface area contributed by atoms with E-state index in [2.05, 4.69) is 28.6 Å². The van der Waals surface area contributed by atoms with Gasteiger partial charge in [-0.3, -0.25) is 10.1 Å². The first-order valence-corrected chi connectivity index (χ1v) is 7.16. The van der Waals surface area contributed by atoms with Crippen molar-refractivity contribution in [3.8, 4) is 5.75 Å². The molecule has 0 radical (unpaired) electrons. The number of rotatable bonds is 5. The predicted molar refractivity (Wildman–Crippen MR) is 76.4 cm³/mol. The van der Waals surface area contributed by atoms with Crippen LogP contribution >= 0.6 is 28.6 Å². The van der Waals surface area contributed by atoms with E-state index in [9.17, 15) is 10.1 Å². The highest BCUT2D eigenvalue weighted by Crippen LogP contribution is 2.43. The summed E-state index contributed by atoms with van der Waals surface area (Å²) in [4.78, 5) is 10.5. The molecule has 1 aromatic carbocycles. The maximum Gasteiger partial charge on any atom is 0.312 e. The van der Waals surface area contributed by atoms with Crippen molar-refractivity contribution in [2.75, 3.05) is 12.4 Å². The molecule has 98 valence electrons. The minimum Gasteiger partial charge on any atom is -0.486 e. The van der Waals surface area contributed by atoms with Gasteiger partial charge in [-0.2, -0.15) is 12.6 Å². The Bertz CT molecular complexity index is 457. The maximum absolute atomic E-state index is 10.9. The van der Waals surface area contributed by atoms with E-state index in [1.54, 1.807) is 12.1 Å². The highest BCUT2D eigenvalue weighted by atomic mass is 79.9. The second kappa shape index (κ2) is 5.48. The molecule has 4 nitrogen and oxygen atoms in total. The largest absolute Gasteiger partial charge is 0.486 e. The Kier molecular flexibility index (Phi) is 4.17. The van der Waals surface area contributed by atoms with Gasteiger partial charge in [0.1, 0.15) is 0 Å². The molecular weight excluding hydrogens is 318 g/mol. The molecule has 1 saturated carbocycles. The van der Waals surface area contributed by atoms with E-state index in [0.717, 1.165) is 18.6 Å². The van der Waals surface area contributed by atoms with Crippen LogP contribution in [0.1, 0.15) is 19.3 Å². The number of thiol groups is 1. The van der Waals surface area contributed by atoms with Crippen molar-refractivity contribution in [1.82, 2.24) is 0 Å². The van der Waals surface area contributed by atoms with Crippen LogP contribution in [0.3, 0.4) is 0 Å². The molecule has 6 heteroatoms. The Labute approximate surface area is 119 Å². The Morgan fingerprint density at radius 1 is 1.50 bits per heavy atom. The van der Waals surface area contributed by atoms with Crippen LogP contribution in [0.5, 0.6) is 5.75 Å². The predicted octanol–water partition coefficient (Wildman–Crippen LogP) is 3.84. The summed E-state index contributed by atoms with van der Waals surface area (Å²) < 4.78 is 6.32. The van der Waals surface area contributed by atoms with Gasteiger partial charge in [0, 0.05) is 16.0 Å². The van der Waals surface area contributed by atoms with E-state index in [0.29, 0.717) is 16.8 Å². The standard InChI is InChI=1S/C12H14BrNO3S/c13-9-2-3-11(10(6-9)14(15)16)17-7-12(8-18)4-1-5-12/h2-3,6,18H,1,4-5,7-8H2. The lowest BCUT2D eigenvalue weighted by Crippen LogP contribution is -2.37. The third kappa shape index (κ3) is 2.80. The number of hydrogen-bond acceptors (Lipinski definition) is 4. The van der Waals surface area contributed by atoms with Crippen LogP contribution in [0.4, 0.5) is 5.69 Å². The molecule has 1 aliphatic carbocycles. The zero-order valence-corrected chi connectivity index (χ0v) is 12.2. The highest BCUT2D eigenvalue weighted by Gasteiger charge is 2.37. The van der Waals surface area contributed by atoms with Crippen molar-refractivity contribution >= 4 is 34.2 Å². The number of nitro groups is 1. The van der Waals surface area contributed by atoms with E-state index in [-0.39, 0.29) is 11.1 Å². The fraction of sp³-hybridized carbons (Fsp3) is 0.500. The molecule has 0 saturated heterocycles. The van der Waals surface area contributed by atoms with Crippen molar-refractivity contribution < 1.29 is 9.66 Å². The number of nitro benzene ring substituents is 1. The lowest BCUT2D eigenvalue weighted by molar-refractivity contribution is -0.386. The topological polar surface area (TPSA) is 52.4 Å². The van der Waals surface area contributed by atoms with Gasteiger partial charge in [0.15, 0.2) is 5.75 Å². The summed E-state index contributed by atoms with van der Waals surface area (Å²) in [6.07, 6.45) is 3.36. The summed E-state index contributed by atoms with van der Waals surface area (Å²) >= 11 is 7.56. The number of hydrogen-bond donors (Lipinski definition) is 1. The quantitative estimate of drug-likeness (QED) is 0.506. The Morgan fingerprint density at radius 3 is 2.72 bits per heavy atom. The van der Waals surface area contributed by atoms with Gasteiger partial charge < -0.3 is 4.74 Å². The van der Waals surface area contributed by atoms with Gasteiger partial charge in [0.2, 0.25) is 0 Å². The Balaban J connectivity index is 2.11. The molecule has 1 aliphatic rings. The molecule has 0 heterocycles. The van der Waals surface area contributed by atoms with E-state index in [1.807, 2.05) is 0 Å². The summed E-state index contributed by atoms with van der Waals surface area (Å²) in [7, 11) is 0. The lowest BCUT2D eigenvalue weighted by atomic mass is 9.71. The van der Waals surface area contributed by atoms with E-state index >= 15 is 0 Å². The van der Waals surface area contributed by atoms with Crippen molar-refractivity contribution in [1.29, 1.82) is 0 Å². The van der Waals surface area contributed by atoms with Gasteiger partial charge in [0.05, 0.1) is 11.5 Å². The molecule has 0 amide bonds. The zero-order valence-electron chi connectivity index (χ0n) is 9.76. The SMILES string of the molecule is O=[N+]([O-])c1cc(Br)ccc1OCC1(CS)CCC1. The van der Waals surface area contributed by atoms with Crippen LogP contribution in [0.15, 0.2) is 22.7 Å². The summed E-state index contributed by atoms with van der Waals surface area (Å²) in [5, 5.41) is 10.9. The molecule has 0 atom stereocenters.